The average molecular weight is 638 g/mol. The van der Waals surface area contributed by atoms with Crippen LogP contribution >= 0.6 is 11.6 Å². The van der Waals surface area contributed by atoms with Crippen molar-refractivity contribution in [3.05, 3.63) is 34.4 Å². The highest BCUT2D eigenvalue weighted by Crippen LogP contribution is 2.27. The van der Waals surface area contributed by atoms with E-state index in [0.717, 1.165) is 42.8 Å². The molecular formula is C27H38Cl2N10O4. The second-order valence-electron chi connectivity index (χ2n) is 9.80. The SMILES string of the molecule is CCNC(=O)COc1cc2c(cc1C(=O)NC1CCNCC1)n(CC)c(CNC(=O)c1nc(Cl)c(N)nc1N)[n+]2CC.[Cl-]. The zero-order valence-corrected chi connectivity index (χ0v) is 25.9. The second kappa shape index (κ2) is 15.0. The number of likely N-dealkylation sites (N-methyl/N-ethyl adjacent to an activating group) is 1. The molecule has 16 heteroatoms. The van der Waals surface area contributed by atoms with Crippen molar-refractivity contribution in [2.45, 2.75) is 59.3 Å². The van der Waals surface area contributed by atoms with Gasteiger partial charge in [0, 0.05) is 24.7 Å². The van der Waals surface area contributed by atoms with E-state index in [0.29, 0.717) is 30.9 Å². The standard InChI is InChI=1S/C27H37ClN10O4.ClH/c1-4-32-20(39)14-42-19-12-18-17(11-16(19)26(40)34-15-7-9-31-10-8-15)37(5-2)21(38(18)6-3)13-33-27(41)22-24(29)36-25(30)23(28)35-22;/h11-12,15,31H,4-10,13-14H2,1-3H3,(H6-,29,30,32,33,34,36,39,40,41);1H. The predicted molar refractivity (Wildman–Crippen MR) is 158 cm³/mol. The van der Waals surface area contributed by atoms with Crippen molar-refractivity contribution >= 4 is 52.0 Å². The number of nitrogens with one attached hydrogen (secondary N) is 4. The van der Waals surface area contributed by atoms with Crippen LogP contribution in [0.25, 0.3) is 11.0 Å². The second-order valence-corrected chi connectivity index (χ2v) is 10.2. The first kappa shape index (κ1) is 33.6. The fraction of sp³-hybridized carbons (Fsp3) is 0.481. The van der Waals surface area contributed by atoms with Crippen LogP contribution in [0, 0.1) is 0 Å². The lowest BCUT2D eigenvalue weighted by Crippen LogP contribution is -3.00. The van der Waals surface area contributed by atoms with Crippen molar-refractivity contribution < 1.29 is 36.1 Å². The third-order valence-electron chi connectivity index (χ3n) is 7.09. The van der Waals surface area contributed by atoms with Crippen LogP contribution in [0.4, 0.5) is 11.6 Å². The molecule has 4 rings (SSSR count). The Bertz CT molecular complexity index is 1490. The molecule has 0 spiro atoms. The molecule has 234 valence electrons. The number of piperidine rings is 1. The number of hydrogen-bond acceptors (Lipinski definition) is 9. The van der Waals surface area contributed by atoms with Crippen molar-refractivity contribution in [1.82, 2.24) is 35.8 Å². The molecule has 0 atom stereocenters. The molecule has 1 aliphatic heterocycles. The number of aryl methyl sites for hydroxylation is 2. The van der Waals surface area contributed by atoms with Gasteiger partial charge in [-0.3, -0.25) is 14.4 Å². The third-order valence-corrected chi connectivity index (χ3v) is 7.37. The number of rotatable bonds is 11. The number of hydrogen-bond donors (Lipinski definition) is 6. The summed E-state index contributed by atoms with van der Waals surface area (Å²) in [5, 5.41) is 11.9. The summed E-state index contributed by atoms with van der Waals surface area (Å²) in [6.07, 6.45) is 1.64. The van der Waals surface area contributed by atoms with Crippen molar-refractivity contribution in [1.29, 1.82) is 0 Å². The van der Waals surface area contributed by atoms with Gasteiger partial charge in [0.25, 0.3) is 23.5 Å². The normalized spacial score (nSPS) is 13.3. The molecule has 0 saturated carbocycles. The van der Waals surface area contributed by atoms with Crippen molar-refractivity contribution in [2.75, 3.05) is 37.7 Å². The van der Waals surface area contributed by atoms with Gasteiger partial charge in [-0.1, -0.05) is 11.6 Å². The molecule has 3 aromatic rings. The van der Waals surface area contributed by atoms with Gasteiger partial charge in [0.1, 0.15) is 12.3 Å². The highest BCUT2D eigenvalue weighted by atomic mass is 35.5. The molecule has 1 fully saturated rings. The van der Waals surface area contributed by atoms with E-state index in [1.807, 2.05) is 29.9 Å². The Labute approximate surface area is 260 Å². The molecule has 43 heavy (non-hydrogen) atoms. The molecule has 2 aromatic heterocycles. The van der Waals surface area contributed by atoms with Gasteiger partial charge >= 0.3 is 0 Å². The number of ether oxygens (including phenoxy) is 1. The maximum Gasteiger partial charge on any atom is 0.277 e. The Kier molecular flexibility index (Phi) is 11.7. The maximum atomic E-state index is 13.5. The Morgan fingerprint density at radius 1 is 1.09 bits per heavy atom. The third kappa shape index (κ3) is 7.56. The number of imidazole rings is 1. The fourth-order valence-electron chi connectivity index (χ4n) is 5.08. The van der Waals surface area contributed by atoms with Crippen LogP contribution in [0.15, 0.2) is 12.1 Å². The van der Waals surface area contributed by atoms with Gasteiger partial charge < -0.3 is 49.9 Å². The smallest absolute Gasteiger partial charge is 0.277 e. The lowest BCUT2D eigenvalue weighted by Gasteiger charge is -2.24. The number of nitrogen functional groups attached to an aromatic ring is 2. The van der Waals surface area contributed by atoms with Crippen LogP contribution in [-0.4, -0.2) is 64.5 Å². The summed E-state index contributed by atoms with van der Waals surface area (Å²) < 4.78 is 9.94. The first-order chi connectivity index (χ1) is 20.2. The van der Waals surface area contributed by atoms with Crippen molar-refractivity contribution in [3.63, 3.8) is 0 Å². The van der Waals surface area contributed by atoms with Crippen molar-refractivity contribution in [2.24, 2.45) is 0 Å². The molecule has 1 saturated heterocycles. The van der Waals surface area contributed by atoms with Gasteiger partial charge in [-0.15, -0.1) is 0 Å². The summed E-state index contributed by atoms with van der Waals surface area (Å²) in [5.74, 6) is -0.257. The Balaban J connectivity index is 0.00000506. The van der Waals surface area contributed by atoms with Crippen LogP contribution in [0.5, 0.6) is 5.75 Å². The molecule has 8 N–H and O–H groups in total. The van der Waals surface area contributed by atoms with Gasteiger partial charge in [-0.25, -0.2) is 19.1 Å². The molecule has 1 aromatic carbocycles. The summed E-state index contributed by atoms with van der Waals surface area (Å²) >= 11 is 5.96. The first-order valence-electron chi connectivity index (χ1n) is 14.0. The molecule has 0 radical (unpaired) electrons. The van der Waals surface area contributed by atoms with Gasteiger partial charge in [0.05, 0.1) is 18.7 Å². The molecule has 3 amide bonds. The topological polar surface area (TPSA) is 195 Å². The maximum absolute atomic E-state index is 13.5. The molecule has 0 aliphatic carbocycles. The minimum Gasteiger partial charge on any atom is -1.00 e. The molecule has 1 aliphatic rings. The van der Waals surface area contributed by atoms with E-state index in [1.54, 1.807) is 12.1 Å². The van der Waals surface area contributed by atoms with E-state index in [4.69, 9.17) is 27.8 Å². The number of nitrogens with two attached hydrogens (primary N) is 2. The molecule has 0 bridgehead atoms. The van der Waals surface area contributed by atoms with Crippen LogP contribution < -0.4 is 54.4 Å². The number of amides is 3. The first-order valence-corrected chi connectivity index (χ1v) is 14.4. The summed E-state index contributed by atoms with van der Waals surface area (Å²) in [7, 11) is 0. The lowest BCUT2D eigenvalue weighted by atomic mass is 10.1. The number of aromatic nitrogens is 4. The van der Waals surface area contributed by atoms with E-state index in [1.165, 1.54) is 0 Å². The van der Waals surface area contributed by atoms with E-state index in [-0.39, 0.29) is 65.9 Å². The number of nitrogens with zero attached hydrogens (tertiary/aromatic N) is 4. The minimum atomic E-state index is -0.564. The zero-order valence-electron chi connectivity index (χ0n) is 24.4. The number of fused-ring (bicyclic) bond motifs is 1. The molecule has 14 nitrogen and oxygen atoms in total. The Hall–Kier alpha value is -3.88. The number of anilines is 2. The molecule has 3 heterocycles. The summed E-state index contributed by atoms with van der Waals surface area (Å²) in [6, 6.07) is 3.59. The predicted octanol–water partition coefficient (Wildman–Crippen LogP) is -2.49. The average Bonchev–Trinajstić information content (AvgIpc) is 3.28. The largest absolute Gasteiger partial charge is 1.00 e. The fourth-order valence-corrected chi connectivity index (χ4v) is 5.21. The lowest BCUT2D eigenvalue weighted by molar-refractivity contribution is -0.676. The number of halogens is 2. The van der Waals surface area contributed by atoms with Gasteiger partial charge in [-0.05, 0) is 46.7 Å². The zero-order chi connectivity index (χ0) is 30.4. The minimum absolute atomic E-state index is 0. The number of benzene rings is 1. The van der Waals surface area contributed by atoms with Gasteiger partial charge in [0.15, 0.2) is 40.1 Å². The van der Waals surface area contributed by atoms with Crippen LogP contribution in [-0.2, 0) is 24.4 Å². The Morgan fingerprint density at radius 3 is 2.47 bits per heavy atom. The van der Waals surface area contributed by atoms with Crippen LogP contribution in [0.2, 0.25) is 5.15 Å². The quantitative estimate of drug-likeness (QED) is 0.123. The Morgan fingerprint density at radius 2 is 1.81 bits per heavy atom. The molecular weight excluding hydrogens is 599 g/mol. The van der Waals surface area contributed by atoms with Crippen LogP contribution in [0.1, 0.15) is 60.3 Å². The van der Waals surface area contributed by atoms with Gasteiger partial charge in [0.2, 0.25) is 0 Å². The van der Waals surface area contributed by atoms with E-state index >= 15 is 0 Å². The summed E-state index contributed by atoms with van der Waals surface area (Å²) in [5.41, 5.74) is 13.3. The van der Waals surface area contributed by atoms with Crippen molar-refractivity contribution in [3.8, 4) is 5.75 Å². The van der Waals surface area contributed by atoms with E-state index in [9.17, 15) is 14.4 Å². The summed E-state index contributed by atoms with van der Waals surface area (Å²) in [6.45, 7) is 8.88. The molecule has 0 unspecified atom stereocenters. The highest BCUT2D eigenvalue weighted by molar-refractivity contribution is 6.31. The monoisotopic (exact) mass is 636 g/mol. The number of carbonyl (C=O) groups is 3. The number of carbonyl (C=O) groups excluding carboxylic acids is 3. The van der Waals surface area contributed by atoms with E-state index < -0.39 is 5.91 Å². The van der Waals surface area contributed by atoms with Gasteiger partial charge in [-0.2, -0.15) is 0 Å². The summed E-state index contributed by atoms with van der Waals surface area (Å²) in [4.78, 5) is 46.6. The van der Waals surface area contributed by atoms with E-state index in [2.05, 4.69) is 31.2 Å². The van der Waals surface area contributed by atoms with Crippen LogP contribution in [0.3, 0.4) is 0 Å². The highest BCUT2D eigenvalue weighted by Gasteiger charge is 2.29.